The molecule has 0 unspecified atom stereocenters. The average Bonchev–Trinajstić information content (AvgIpc) is 3.33. The number of aryl methyl sites for hydroxylation is 1. The molecule has 0 saturated heterocycles. The highest BCUT2D eigenvalue weighted by atomic mass is 32.1. The molecule has 2 aromatic heterocycles. The van der Waals surface area contributed by atoms with Crippen LogP contribution in [0.2, 0.25) is 0 Å². The molecule has 9 heteroatoms. The van der Waals surface area contributed by atoms with Crippen molar-refractivity contribution in [2.45, 2.75) is 19.9 Å². The Bertz CT molecular complexity index is 1140. The number of aromatic nitrogens is 4. The van der Waals surface area contributed by atoms with Crippen LogP contribution in [0, 0.1) is 0 Å². The Morgan fingerprint density at radius 1 is 1.18 bits per heavy atom. The summed E-state index contributed by atoms with van der Waals surface area (Å²) in [6, 6.07) is 13.4. The molecule has 28 heavy (non-hydrogen) atoms. The van der Waals surface area contributed by atoms with E-state index in [1.807, 2.05) is 6.92 Å². The van der Waals surface area contributed by atoms with Gasteiger partial charge in [0.15, 0.2) is 0 Å². The number of anilines is 1. The molecule has 2 heterocycles. The van der Waals surface area contributed by atoms with Crippen LogP contribution in [0.15, 0.2) is 48.5 Å². The van der Waals surface area contributed by atoms with Crippen LogP contribution in [0.5, 0.6) is 0 Å². The largest absolute Gasteiger partial charge is 0.321 e. The van der Waals surface area contributed by atoms with Crippen LogP contribution in [0.25, 0.3) is 22.4 Å². The van der Waals surface area contributed by atoms with Gasteiger partial charge in [0.1, 0.15) is 10.7 Å². The topological polar surface area (TPSA) is 72.7 Å². The smallest absolute Gasteiger partial charge is 0.320 e. The highest BCUT2D eigenvalue weighted by Gasteiger charge is 2.19. The molecule has 0 spiro atoms. The van der Waals surface area contributed by atoms with Gasteiger partial charge in [-0.15, -0.1) is 5.10 Å². The highest BCUT2D eigenvalue weighted by Crippen LogP contribution is 2.30. The molecule has 6 nitrogen and oxygen atoms in total. The second-order valence-corrected chi connectivity index (χ2v) is 6.76. The predicted molar refractivity (Wildman–Crippen MR) is 104 cm³/mol. The molecule has 0 aliphatic carbocycles. The third-order valence-corrected chi connectivity index (χ3v) is 5.06. The summed E-state index contributed by atoms with van der Waals surface area (Å²) in [5, 5.41) is 6.70. The summed E-state index contributed by atoms with van der Waals surface area (Å²) in [6.45, 7) is -0.815. The summed E-state index contributed by atoms with van der Waals surface area (Å²) in [4.78, 5) is 17.2. The third kappa shape index (κ3) is 3.24. The molecule has 0 aliphatic rings. The number of halogens is 2. The maximum Gasteiger partial charge on any atom is 0.320 e. The van der Waals surface area contributed by atoms with E-state index in [0.29, 0.717) is 39.3 Å². The SMILES string of the molecule is CCc1nnsc1C(=O)Nc1ccc(-c2nc3ccccc3n2C(F)F)cc1. The lowest BCUT2D eigenvalue weighted by Crippen LogP contribution is -2.12. The lowest BCUT2D eigenvalue weighted by atomic mass is 10.2. The molecule has 0 fully saturated rings. The number of imidazole rings is 1. The highest BCUT2D eigenvalue weighted by molar-refractivity contribution is 7.08. The number of para-hydroxylation sites is 2. The second kappa shape index (κ2) is 7.43. The van der Waals surface area contributed by atoms with Crippen molar-refractivity contribution in [1.82, 2.24) is 19.1 Å². The number of benzene rings is 2. The molecule has 1 amide bonds. The first-order valence-corrected chi connectivity index (χ1v) is 9.34. The van der Waals surface area contributed by atoms with E-state index < -0.39 is 6.55 Å². The number of alkyl halides is 2. The summed E-state index contributed by atoms with van der Waals surface area (Å²) in [5.41, 5.74) is 2.59. The standard InChI is InChI=1S/C19H15F2N5OS/c1-2-13-16(28-25-24-13)18(27)22-12-9-7-11(8-10-12)17-23-14-5-3-4-6-15(14)26(17)19(20)21/h3-10,19H,2H2,1H3,(H,22,27). The molecule has 0 radical (unpaired) electrons. The van der Waals surface area contributed by atoms with Crippen molar-refractivity contribution < 1.29 is 13.6 Å². The lowest BCUT2D eigenvalue weighted by Gasteiger charge is -2.09. The first-order chi connectivity index (χ1) is 13.6. The number of rotatable bonds is 5. The summed E-state index contributed by atoms with van der Waals surface area (Å²) in [5.74, 6) is -0.117. The van der Waals surface area contributed by atoms with Crippen LogP contribution in [-0.2, 0) is 6.42 Å². The number of hydrogen-bond acceptors (Lipinski definition) is 5. The fourth-order valence-electron chi connectivity index (χ4n) is 2.95. The second-order valence-electron chi connectivity index (χ2n) is 6.01. The first kappa shape index (κ1) is 18.2. The van der Waals surface area contributed by atoms with Gasteiger partial charge in [0.05, 0.1) is 16.7 Å². The van der Waals surface area contributed by atoms with Crippen LogP contribution in [0.1, 0.15) is 28.8 Å². The van der Waals surface area contributed by atoms with Crippen LogP contribution in [0.3, 0.4) is 0 Å². The van der Waals surface area contributed by atoms with E-state index in [9.17, 15) is 13.6 Å². The molecule has 0 aliphatic heterocycles. The molecular weight excluding hydrogens is 384 g/mol. The van der Waals surface area contributed by atoms with Crippen molar-refractivity contribution in [1.29, 1.82) is 0 Å². The quantitative estimate of drug-likeness (QED) is 0.525. The van der Waals surface area contributed by atoms with Gasteiger partial charge in [-0.3, -0.25) is 9.36 Å². The van der Waals surface area contributed by atoms with Crippen molar-refractivity contribution in [2.24, 2.45) is 0 Å². The van der Waals surface area contributed by atoms with Crippen molar-refractivity contribution >= 4 is 34.2 Å². The van der Waals surface area contributed by atoms with Crippen LogP contribution in [0.4, 0.5) is 14.5 Å². The van der Waals surface area contributed by atoms with Gasteiger partial charge in [0, 0.05) is 11.3 Å². The number of amides is 1. The first-order valence-electron chi connectivity index (χ1n) is 8.56. The van der Waals surface area contributed by atoms with Crippen molar-refractivity contribution in [2.75, 3.05) is 5.32 Å². The van der Waals surface area contributed by atoms with Crippen LogP contribution >= 0.6 is 11.5 Å². The zero-order valence-electron chi connectivity index (χ0n) is 14.8. The van der Waals surface area contributed by atoms with E-state index in [1.54, 1.807) is 48.5 Å². The maximum atomic E-state index is 13.6. The molecule has 142 valence electrons. The third-order valence-electron chi connectivity index (χ3n) is 4.29. The number of carbonyl (C=O) groups excluding carboxylic acids is 1. The van der Waals surface area contributed by atoms with Crippen molar-refractivity contribution in [3.8, 4) is 11.4 Å². The van der Waals surface area contributed by atoms with Gasteiger partial charge in [0.2, 0.25) is 0 Å². The van der Waals surface area contributed by atoms with E-state index in [0.717, 1.165) is 16.1 Å². The number of nitrogens with zero attached hydrogens (tertiary/aromatic N) is 4. The zero-order chi connectivity index (χ0) is 19.7. The number of nitrogens with one attached hydrogen (secondary N) is 1. The summed E-state index contributed by atoms with van der Waals surface area (Å²) in [6.07, 6.45) is 0.613. The molecule has 2 aromatic carbocycles. The van der Waals surface area contributed by atoms with Crippen LogP contribution in [-0.4, -0.2) is 25.0 Å². The Kier molecular flexibility index (Phi) is 4.82. The number of fused-ring (bicyclic) bond motifs is 1. The molecular formula is C19H15F2N5OS. The lowest BCUT2D eigenvalue weighted by molar-refractivity contribution is 0.0764. The fraction of sp³-hybridized carbons (Fsp3) is 0.158. The zero-order valence-corrected chi connectivity index (χ0v) is 15.6. The van der Waals surface area contributed by atoms with E-state index >= 15 is 0 Å². The van der Waals surface area contributed by atoms with Gasteiger partial charge >= 0.3 is 6.55 Å². The monoisotopic (exact) mass is 399 g/mol. The molecule has 0 atom stereocenters. The Balaban J connectivity index is 1.63. The Labute approximate surface area is 163 Å². The van der Waals surface area contributed by atoms with Crippen LogP contribution < -0.4 is 5.32 Å². The number of carbonyl (C=O) groups is 1. The Morgan fingerprint density at radius 2 is 1.93 bits per heavy atom. The van der Waals surface area contributed by atoms with Gasteiger partial charge in [-0.05, 0) is 54.4 Å². The van der Waals surface area contributed by atoms with E-state index in [4.69, 9.17) is 0 Å². The molecule has 4 aromatic rings. The normalized spacial score (nSPS) is 11.3. The van der Waals surface area contributed by atoms with Crippen molar-refractivity contribution in [3.05, 3.63) is 59.1 Å². The molecule has 4 rings (SSSR count). The van der Waals surface area contributed by atoms with Crippen molar-refractivity contribution in [3.63, 3.8) is 0 Å². The Hall–Kier alpha value is -3.20. The van der Waals surface area contributed by atoms with E-state index in [2.05, 4.69) is 19.9 Å². The molecule has 0 bridgehead atoms. The van der Waals surface area contributed by atoms with E-state index in [1.165, 1.54) is 0 Å². The minimum Gasteiger partial charge on any atom is -0.321 e. The minimum atomic E-state index is -2.71. The number of hydrogen-bond donors (Lipinski definition) is 1. The predicted octanol–water partition coefficient (Wildman–Crippen LogP) is 4.76. The fourth-order valence-corrected chi connectivity index (χ4v) is 3.59. The maximum absolute atomic E-state index is 13.6. The minimum absolute atomic E-state index is 0.175. The van der Waals surface area contributed by atoms with Gasteiger partial charge in [-0.25, -0.2) is 4.98 Å². The summed E-state index contributed by atoms with van der Waals surface area (Å²) < 4.78 is 31.9. The van der Waals surface area contributed by atoms with E-state index in [-0.39, 0.29) is 11.7 Å². The molecule has 0 saturated carbocycles. The molecule has 1 N–H and O–H groups in total. The van der Waals surface area contributed by atoms with Gasteiger partial charge in [-0.2, -0.15) is 8.78 Å². The van der Waals surface area contributed by atoms with Gasteiger partial charge in [0.25, 0.3) is 5.91 Å². The van der Waals surface area contributed by atoms with Gasteiger partial charge in [-0.1, -0.05) is 23.5 Å². The van der Waals surface area contributed by atoms with Gasteiger partial charge < -0.3 is 5.32 Å². The summed E-state index contributed by atoms with van der Waals surface area (Å²) >= 11 is 1.04. The Morgan fingerprint density at radius 3 is 2.64 bits per heavy atom. The summed E-state index contributed by atoms with van der Waals surface area (Å²) in [7, 11) is 0. The average molecular weight is 399 g/mol.